The summed E-state index contributed by atoms with van der Waals surface area (Å²) in [5, 5.41) is 13.1. The molecule has 0 bridgehead atoms. The number of aryl methyl sites for hydroxylation is 2. The third-order valence-corrected chi connectivity index (χ3v) is 3.22. The second-order valence-electron chi connectivity index (χ2n) is 3.88. The van der Waals surface area contributed by atoms with Crippen LogP contribution >= 0.6 is 11.3 Å². The zero-order chi connectivity index (χ0) is 15.0. The van der Waals surface area contributed by atoms with Gasteiger partial charge in [-0.2, -0.15) is 4.68 Å². The number of rotatable bonds is 4. The molecule has 0 radical (unpaired) electrons. The lowest BCUT2D eigenvalue weighted by atomic mass is 10.2. The van der Waals surface area contributed by atoms with Crippen LogP contribution in [0.2, 0.25) is 0 Å². The van der Waals surface area contributed by atoms with Gasteiger partial charge in [-0.05, 0) is 17.4 Å². The zero-order valence-corrected chi connectivity index (χ0v) is 11.4. The van der Waals surface area contributed by atoms with Gasteiger partial charge in [0.2, 0.25) is 0 Å². The van der Waals surface area contributed by atoms with Crippen molar-refractivity contribution in [2.45, 2.75) is 13.5 Å². The average Bonchev–Trinajstić information content (AvgIpc) is 3.11. The Bertz CT molecular complexity index is 834. The van der Waals surface area contributed by atoms with Crippen molar-refractivity contribution >= 4 is 11.3 Å². The number of tetrazole rings is 1. The summed E-state index contributed by atoms with van der Waals surface area (Å²) in [5.74, 6) is 0.160. The maximum atomic E-state index is 11.8. The van der Waals surface area contributed by atoms with Crippen molar-refractivity contribution in [3.8, 4) is 11.1 Å². The number of hydrogen-bond acceptors (Lipinski definition) is 8. The van der Waals surface area contributed by atoms with Gasteiger partial charge in [-0.15, -0.1) is 4.68 Å². The molecule has 0 saturated carbocycles. The SMILES string of the molecule is [3H]c1csc(OCc2c(C)noc2-n2nnn(C)c2=O)n1. The molecule has 0 fully saturated rings. The van der Waals surface area contributed by atoms with Gasteiger partial charge in [0.05, 0.1) is 12.6 Å². The summed E-state index contributed by atoms with van der Waals surface area (Å²) in [6.07, 6.45) is 0.141. The molecule has 0 N–H and O–H groups in total. The second-order valence-corrected chi connectivity index (χ2v) is 4.70. The molecule has 3 rings (SSSR count). The van der Waals surface area contributed by atoms with Crippen LogP contribution in [0.15, 0.2) is 20.9 Å². The lowest BCUT2D eigenvalue weighted by molar-refractivity contribution is 0.300. The Hall–Kier alpha value is -2.49. The fourth-order valence-corrected chi connectivity index (χ4v) is 1.97. The number of hydrogen-bond donors (Lipinski definition) is 0. The largest absolute Gasteiger partial charge is 0.465 e. The number of thiazole rings is 1. The molecular formula is C10H10N6O3S. The molecule has 3 aromatic heterocycles. The van der Waals surface area contributed by atoms with Gasteiger partial charge in [-0.25, -0.2) is 9.78 Å². The van der Waals surface area contributed by atoms with E-state index in [1.165, 1.54) is 18.4 Å². The Morgan fingerprint density at radius 3 is 3.05 bits per heavy atom. The molecule has 0 aliphatic heterocycles. The van der Waals surface area contributed by atoms with Gasteiger partial charge in [-0.3, -0.25) is 0 Å². The molecule has 104 valence electrons. The number of nitrogens with zero attached hydrogens (tertiary/aromatic N) is 6. The van der Waals surface area contributed by atoms with E-state index in [1.54, 1.807) is 12.3 Å². The van der Waals surface area contributed by atoms with Gasteiger partial charge >= 0.3 is 5.69 Å². The molecule has 10 heteroatoms. The van der Waals surface area contributed by atoms with Crippen LogP contribution in [-0.4, -0.2) is 29.9 Å². The number of ether oxygens (including phenoxy) is 1. The van der Waals surface area contributed by atoms with E-state index in [0.29, 0.717) is 16.5 Å². The van der Waals surface area contributed by atoms with Crippen LogP contribution in [-0.2, 0) is 13.7 Å². The topological polar surface area (TPSA) is 101 Å². The van der Waals surface area contributed by atoms with Crippen molar-refractivity contribution in [1.82, 2.24) is 29.9 Å². The predicted molar refractivity (Wildman–Crippen MR) is 67.8 cm³/mol. The summed E-state index contributed by atoms with van der Waals surface area (Å²) in [4.78, 5) is 15.7. The quantitative estimate of drug-likeness (QED) is 0.682. The highest BCUT2D eigenvalue weighted by atomic mass is 32.1. The zero-order valence-electron chi connectivity index (χ0n) is 11.6. The van der Waals surface area contributed by atoms with E-state index in [1.807, 2.05) is 0 Å². The monoisotopic (exact) mass is 296 g/mol. The Balaban J connectivity index is 1.90. The molecular weight excluding hydrogens is 284 g/mol. The van der Waals surface area contributed by atoms with Gasteiger partial charge in [0.15, 0.2) is 0 Å². The molecule has 0 atom stereocenters. The van der Waals surface area contributed by atoms with Crippen molar-refractivity contribution in [1.29, 1.82) is 0 Å². The molecule has 0 saturated heterocycles. The van der Waals surface area contributed by atoms with Crippen LogP contribution in [0.3, 0.4) is 0 Å². The van der Waals surface area contributed by atoms with E-state index in [0.717, 1.165) is 9.36 Å². The summed E-state index contributed by atoms with van der Waals surface area (Å²) >= 11 is 1.21. The normalized spacial score (nSPS) is 11.6. The molecule has 0 aliphatic carbocycles. The lowest BCUT2D eigenvalue weighted by Crippen LogP contribution is -2.22. The highest BCUT2D eigenvalue weighted by molar-refractivity contribution is 7.11. The summed E-state index contributed by atoms with van der Waals surface area (Å²) in [5.41, 5.74) is 0.694. The van der Waals surface area contributed by atoms with Gasteiger partial charge < -0.3 is 9.26 Å². The summed E-state index contributed by atoms with van der Waals surface area (Å²) in [6, 6.07) is 0. The molecule has 9 nitrogen and oxygen atoms in total. The maximum Gasteiger partial charge on any atom is 0.370 e. The summed E-state index contributed by atoms with van der Waals surface area (Å²) in [6.45, 7) is 1.82. The highest BCUT2D eigenvalue weighted by Crippen LogP contribution is 2.20. The van der Waals surface area contributed by atoms with Crippen LogP contribution in [0.4, 0.5) is 0 Å². The minimum atomic E-state index is -0.449. The Labute approximate surface area is 117 Å². The molecule has 0 aromatic carbocycles. The van der Waals surface area contributed by atoms with Crippen LogP contribution in [0.5, 0.6) is 5.19 Å². The van der Waals surface area contributed by atoms with Crippen LogP contribution in [0, 0.1) is 6.92 Å². The van der Waals surface area contributed by atoms with Gasteiger partial charge in [0, 0.05) is 18.6 Å². The molecule has 20 heavy (non-hydrogen) atoms. The Morgan fingerprint density at radius 1 is 1.55 bits per heavy atom. The van der Waals surface area contributed by atoms with Crippen molar-refractivity contribution < 1.29 is 10.6 Å². The molecule has 3 aromatic rings. The first-order valence-electron chi connectivity index (χ1n) is 6.05. The van der Waals surface area contributed by atoms with Crippen molar-refractivity contribution in [3.63, 3.8) is 0 Å². The van der Waals surface area contributed by atoms with E-state index in [9.17, 15) is 4.79 Å². The third-order valence-electron chi connectivity index (χ3n) is 2.59. The first-order valence-corrected chi connectivity index (χ1v) is 6.43. The molecule has 0 amide bonds. The fraction of sp³-hybridized carbons (Fsp3) is 0.300. The Morgan fingerprint density at radius 2 is 2.40 bits per heavy atom. The Kier molecular flexibility index (Phi) is 2.77. The van der Waals surface area contributed by atoms with Crippen molar-refractivity contribution in [3.05, 3.63) is 33.3 Å². The molecule has 0 aliphatic rings. The molecule has 3 heterocycles. The predicted octanol–water partition coefficient (Wildman–Crippen LogP) is 0.298. The van der Waals surface area contributed by atoms with Gasteiger partial charge in [0.1, 0.15) is 6.61 Å². The first kappa shape index (κ1) is 11.3. The minimum Gasteiger partial charge on any atom is -0.465 e. The molecule has 0 unspecified atom stereocenters. The van der Waals surface area contributed by atoms with Crippen LogP contribution in [0.25, 0.3) is 5.88 Å². The summed E-state index contributed by atoms with van der Waals surface area (Å²) < 4.78 is 20.0. The smallest absolute Gasteiger partial charge is 0.370 e. The average molecular weight is 296 g/mol. The standard InChI is InChI=1S/C10H10N6O3S/c1-6-7(5-18-9-11-3-4-20-9)8(19-12-6)16-10(17)15(2)13-14-16/h3-4H,5H2,1-2H3/i3T. The van der Waals surface area contributed by atoms with Crippen LogP contribution in [0.1, 0.15) is 12.6 Å². The van der Waals surface area contributed by atoms with Crippen LogP contribution < -0.4 is 10.4 Å². The van der Waals surface area contributed by atoms with Crippen molar-refractivity contribution in [2.75, 3.05) is 0 Å². The van der Waals surface area contributed by atoms with Gasteiger partial charge in [-0.1, -0.05) is 16.5 Å². The van der Waals surface area contributed by atoms with Crippen molar-refractivity contribution in [2.24, 2.45) is 7.05 Å². The second kappa shape index (κ2) is 4.89. The summed E-state index contributed by atoms with van der Waals surface area (Å²) in [7, 11) is 1.48. The van der Waals surface area contributed by atoms with E-state index in [-0.39, 0.29) is 18.7 Å². The lowest BCUT2D eigenvalue weighted by Gasteiger charge is -2.02. The number of aromatic nitrogens is 6. The highest BCUT2D eigenvalue weighted by Gasteiger charge is 2.20. The van der Waals surface area contributed by atoms with E-state index < -0.39 is 5.69 Å². The fourth-order valence-electron chi connectivity index (χ4n) is 1.53. The van der Waals surface area contributed by atoms with Gasteiger partial charge in [0.25, 0.3) is 11.1 Å². The minimum absolute atomic E-state index is 0.0979. The van der Waals surface area contributed by atoms with E-state index in [2.05, 4.69) is 20.6 Å². The first-order chi connectivity index (χ1) is 10.1. The van der Waals surface area contributed by atoms with E-state index >= 15 is 0 Å². The molecule has 0 spiro atoms. The maximum absolute atomic E-state index is 11.8. The van der Waals surface area contributed by atoms with E-state index in [4.69, 9.17) is 10.6 Å². The third kappa shape index (κ3) is 2.09.